The van der Waals surface area contributed by atoms with Crippen molar-refractivity contribution in [3.05, 3.63) is 102 Å². The van der Waals surface area contributed by atoms with E-state index in [9.17, 15) is 37.5 Å². The van der Waals surface area contributed by atoms with Crippen LogP contribution >= 0.6 is 0 Å². The number of guanidine groups is 1. The Morgan fingerprint density at radius 1 is 0.745 bits per heavy atom. The molecule has 0 radical (unpaired) electrons. The number of sulfonamides is 1. The molecule has 3 aromatic rings. The number of nitrogens with zero attached hydrogens (tertiary/aromatic N) is 2. The van der Waals surface area contributed by atoms with E-state index < -0.39 is 78.2 Å². The number of aliphatic imine (C=N–C) groups is 1. The van der Waals surface area contributed by atoms with E-state index in [1.165, 1.54) is 19.1 Å². The van der Waals surface area contributed by atoms with Crippen LogP contribution in [0.25, 0.3) is 0 Å². The van der Waals surface area contributed by atoms with Crippen molar-refractivity contribution in [1.29, 1.82) is 0 Å². The molecule has 3 N–H and O–H groups in total. The summed E-state index contributed by atoms with van der Waals surface area (Å²) in [5.41, 5.74) is 2.14. The van der Waals surface area contributed by atoms with Crippen molar-refractivity contribution in [3.63, 3.8) is 0 Å². The molecule has 0 saturated heterocycles. The van der Waals surface area contributed by atoms with Gasteiger partial charge in [-0.2, -0.15) is 4.31 Å². The molecule has 0 bridgehead atoms. The summed E-state index contributed by atoms with van der Waals surface area (Å²) < 4.78 is 46.6. The van der Waals surface area contributed by atoms with Gasteiger partial charge in [-0.25, -0.2) is 23.0 Å². The number of hydrogen-bond donors (Lipinski definition) is 3. The largest absolute Gasteiger partial charge is 0.480 e. The molecule has 0 heterocycles. The normalized spacial score (nSPS) is 12.1. The van der Waals surface area contributed by atoms with Gasteiger partial charge in [0.25, 0.3) is 0 Å². The number of rotatable bonds is 15. The summed E-state index contributed by atoms with van der Waals surface area (Å²) in [4.78, 5) is 65.4. The summed E-state index contributed by atoms with van der Waals surface area (Å²) in [5.74, 6) is -3.46. The third kappa shape index (κ3) is 13.6. The Morgan fingerprint density at radius 3 is 1.63 bits per heavy atom. The molecular weight excluding hydrogens is 688 g/mol. The van der Waals surface area contributed by atoms with Crippen LogP contribution in [0.4, 0.5) is 9.59 Å². The highest BCUT2D eigenvalue weighted by Gasteiger charge is 2.34. The fourth-order valence-electron chi connectivity index (χ4n) is 4.33. The van der Waals surface area contributed by atoms with Gasteiger partial charge in [0.15, 0.2) is 0 Å². The number of nitrogens with one attached hydrogen (secondary N) is 2. The van der Waals surface area contributed by atoms with Crippen molar-refractivity contribution in [2.75, 3.05) is 20.6 Å². The van der Waals surface area contributed by atoms with Crippen LogP contribution in [0.2, 0.25) is 0 Å². The zero-order valence-corrected chi connectivity index (χ0v) is 28.8. The van der Waals surface area contributed by atoms with Crippen LogP contribution < -0.4 is 10.6 Å². The molecule has 0 aliphatic carbocycles. The number of carbonyl (C=O) groups is 5. The maximum Gasteiger partial charge on any atom is 0.416 e. The molecule has 0 saturated carbocycles. The van der Waals surface area contributed by atoms with E-state index in [1.807, 2.05) is 0 Å². The summed E-state index contributed by atoms with van der Waals surface area (Å²) in [6, 6.07) is 20.5. The molecule has 16 nitrogen and oxygen atoms in total. The Labute approximate surface area is 294 Å². The molecular formula is C34H38N4O12S. The predicted octanol–water partition coefficient (Wildman–Crippen LogP) is 3.14. The number of aliphatic carboxylic acids is 1. The van der Waals surface area contributed by atoms with Crippen LogP contribution in [0.5, 0.6) is 0 Å². The number of carbonyl (C=O) groups excluding carboxylic acids is 4. The Morgan fingerprint density at radius 2 is 1.20 bits per heavy atom. The standard InChI is InChI=1S/C34H38N4O12S/c1-23-14-16-27(17-15-23)51(45,46)38(3)28(31(41)42)18-24(2)35-32(36-33(43)49-21-47-29(39)19-25-10-6-4-7-11-25)37-34(44)50-22-48-30(40)20-26-12-8-5-9-13-26/h4-17,24,28H,18-22H2,1-3H3,(H,41,42)(H2,35,36,37,43,44). The second-order valence-corrected chi connectivity index (χ2v) is 13.0. The third-order valence-electron chi connectivity index (χ3n) is 6.98. The zero-order chi connectivity index (χ0) is 37.4. The van der Waals surface area contributed by atoms with Crippen molar-refractivity contribution < 1.29 is 56.4 Å². The minimum Gasteiger partial charge on any atom is -0.480 e. The van der Waals surface area contributed by atoms with Gasteiger partial charge in [-0.1, -0.05) is 78.4 Å². The van der Waals surface area contributed by atoms with Gasteiger partial charge in [-0.05, 0) is 43.5 Å². The Hall–Kier alpha value is -5.81. The van der Waals surface area contributed by atoms with Gasteiger partial charge in [0.05, 0.1) is 23.8 Å². The fourth-order valence-corrected chi connectivity index (χ4v) is 5.65. The maximum atomic E-state index is 13.2. The summed E-state index contributed by atoms with van der Waals surface area (Å²) in [5, 5.41) is 14.2. The number of esters is 2. The number of alkyl carbamates (subject to hydrolysis) is 2. The molecule has 0 aliphatic rings. The van der Waals surface area contributed by atoms with Crippen molar-refractivity contribution in [2.45, 2.75) is 50.1 Å². The third-order valence-corrected chi connectivity index (χ3v) is 8.86. The van der Waals surface area contributed by atoms with Crippen molar-refractivity contribution in [2.24, 2.45) is 4.99 Å². The number of benzene rings is 3. The van der Waals surface area contributed by atoms with E-state index in [-0.39, 0.29) is 17.7 Å². The number of ether oxygens (including phenoxy) is 4. The minimum absolute atomic E-state index is 0.0851. The quantitative estimate of drug-likeness (QED) is 0.0891. The van der Waals surface area contributed by atoms with Gasteiger partial charge in [-0.3, -0.25) is 25.0 Å². The number of amides is 2. The van der Waals surface area contributed by atoms with Crippen molar-refractivity contribution in [3.8, 4) is 0 Å². The van der Waals surface area contributed by atoms with E-state index in [0.717, 1.165) is 12.6 Å². The van der Waals surface area contributed by atoms with Crippen molar-refractivity contribution in [1.82, 2.24) is 14.9 Å². The SMILES string of the molecule is Cc1ccc(S(=O)(=O)N(C)C(CC(C)N=C(NC(=O)OCOC(=O)Cc2ccccc2)NC(=O)OCOC(=O)Cc2ccccc2)C(=O)O)cc1. The summed E-state index contributed by atoms with van der Waals surface area (Å²) in [7, 11) is -3.14. The van der Waals surface area contributed by atoms with E-state index >= 15 is 0 Å². The lowest BCUT2D eigenvalue weighted by atomic mass is 10.1. The molecule has 0 fully saturated rings. The smallest absolute Gasteiger partial charge is 0.416 e. The number of aryl methyl sites for hydroxylation is 1. The van der Waals surface area contributed by atoms with E-state index in [1.54, 1.807) is 79.7 Å². The van der Waals surface area contributed by atoms with Crippen LogP contribution in [-0.4, -0.2) is 86.6 Å². The highest BCUT2D eigenvalue weighted by molar-refractivity contribution is 7.89. The van der Waals surface area contributed by atoms with Crippen LogP contribution in [-0.2, 0) is 56.2 Å². The predicted molar refractivity (Wildman–Crippen MR) is 181 cm³/mol. The highest BCUT2D eigenvalue weighted by Crippen LogP contribution is 2.20. The average molecular weight is 727 g/mol. The molecule has 2 atom stereocenters. The van der Waals surface area contributed by atoms with Crippen LogP contribution in [0, 0.1) is 6.92 Å². The van der Waals surface area contributed by atoms with Gasteiger partial charge in [-0.15, -0.1) is 0 Å². The Kier molecular flexibility index (Phi) is 15.1. The minimum atomic E-state index is -4.25. The van der Waals surface area contributed by atoms with Gasteiger partial charge >= 0.3 is 30.1 Å². The number of likely N-dealkylation sites (N-methyl/N-ethyl adjacent to an activating group) is 1. The second kappa shape index (κ2) is 19.4. The summed E-state index contributed by atoms with van der Waals surface area (Å²) in [6.45, 7) is 1.57. The van der Waals surface area contributed by atoms with Crippen LogP contribution in [0.15, 0.2) is 94.8 Å². The second-order valence-electron chi connectivity index (χ2n) is 11.0. The molecule has 0 spiro atoms. The molecule has 51 heavy (non-hydrogen) atoms. The first-order valence-corrected chi connectivity index (χ1v) is 16.8. The highest BCUT2D eigenvalue weighted by atomic mass is 32.2. The number of hydrogen-bond acceptors (Lipinski definition) is 12. The zero-order valence-electron chi connectivity index (χ0n) is 28.0. The molecule has 2 unspecified atom stereocenters. The van der Waals surface area contributed by atoms with E-state index in [2.05, 4.69) is 15.6 Å². The maximum absolute atomic E-state index is 13.2. The van der Waals surface area contributed by atoms with Crippen LogP contribution in [0.3, 0.4) is 0 Å². The monoisotopic (exact) mass is 726 g/mol. The van der Waals surface area contributed by atoms with E-state index in [0.29, 0.717) is 15.4 Å². The first-order valence-electron chi connectivity index (χ1n) is 15.4. The van der Waals surface area contributed by atoms with Gasteiger partial charge in [0.2, 0.25) is 29.6 Å². The summed E-state index contributed by atoms with van der Waals surface area (Å²) in [6.07, 6.45) is -3.06. The first-order chi connectivity index (χ1) is 24.2. The topological polar surface area (TPSA) is 216 Å². The van der Waals surface area contributed by atoms with Gasteiger partial charge in [0.1, 0.15) is 6.04 Å². The molecule has 2 amide bonds. The average Bonchev–Trinajstić information content (AvgIpc) is 3.07. The van der Waals surface area contributed by atoms with Crippen molar-refractivity contribution >= 4 is 46.1 Å². The van der Waals surface area contributed by atoms with E-state index in [4.69, 9.17) is 18.9 Å². The first kappa shape index (κ1) is 39.6. The van der Waals surface area contributed by atoms with Crippen LogP contribution in [0.1, 0.15) is 30.0 Å². The molecule has 3 rings (SSSR count). The molecule has 0 aromatic heterocycles. The Balaban J connectivity index is 1.67. The lowest BCUT2D eigenvalue weighted by Crippen LogP contribution is -2.46. The van der Waals surface area contributed by atoms with Gasteiger partial charge in [0, 0.05) is 7.05 Å². The Bertz CT molecular complexity index is 1710. The lowest BCUT2D eigenvalue weighted by Gasteiger charge is -2.26. The molecule has 0 aliphatic heterocycles. The number of carboxylic acids is 1. The fraction of sp³-hybridized carbons (Fsp3) is 0.294. The lowest BCUT2D eigenvalue weighted by molar-refractivity contribution is -0.152. The van der Waals surface area contributed by atoms with Gasteiger partial charge < -0.3 is 24.1 Å². The molecule has 272 valence electrons. The molecule has 17 heteroatoms. The summed E-state index contributed by atoms with van der Waals surface area (Å²) >= 11 is 0. The number of carboxylic acid groups (broad SMARTS) is 1. The molecule has 3 aromatic carbocycles.